The standard InChI is InChI=1S/C13H17F2N3/c1-4-13(2,3)7-18-11-9(17-12(18)16)6-5-8(14)10(11)15/h5-6H,4,7H2,1-3H3,(H2,16,17). The summed E-state index contributed by atoms with van der Waals surface area (Å²) in [6.45, 7) is 6.66. The van der Waals surface area contributed by atoms with Gasteiger partial charge in [-0.25, -0.2) is 13.8 Å². The van der Waals surface area contributed by atoms with Crippen LogP contribution in [0.2, 0.25) is 0 Å². The molecule has 1 heterocycles. The highest BCUT2D eigenvalue weighted by Gasteiger charge is 2.22. The van der Waals surface area contributed by atoms with E-state index < -0.39 is 11.6 Å². The van der Waals surface area contributed by atoms with E-state index in [0.29, 0.717) is 12.1 Å². The first-order valence-corrected chi connectivity index (χ1v) is 5.95. The Bertz CT molecular complexity index is 587. The van der Waals surface area contributed by atoms with Crippen LogP contribution in [0.25, 0.3) is 11.0 Å². The van der Waals surface area contributed by atoms with Gasteiger partial charge in [-0.15, -0.1) is 0 Å². The van der Waals surface area contributed by atoms with Crippen molar-refractivity contribution in [3.05, 3.63) is 23.8 Å². The number of nitrogen functional groups attached to an aromatic ring is 1. The van der Waals surface area contributed by atoms with Crippen molar-refractivity contribution in [3.63, 3.8) is 0 Å². The molecule has 2 aromatic rings. The largest absolute Gasteiger partial charge is 0.369 e. The number of benzene rings is 1. The van der Waals surface area contributed by atoms with E-state index in [9.17, 15) is 8.78 Å². The van der Waals surface area contributed by atoms with Crippen LogP contribution in [0.3, 0.4) is 0 Å². The Morgan fingerprint density at radius 2 is 2.00 bits per heavy atom. The third-order valence-electron chi connectivity index (χ3n) is 3.37. The van der Waals surface area contributed by atoms with Crippen molar-refractivity contribution < 1.29 is 8.78 Å². The van der Waals surface area contributed by atoms with Gasteiger partial charge in [-0.05, 0) is 24.0 Å². The molecule has 0 aliphatic rings. The average molecular weight is 253 g/mol. The summed E-state index contributed by atoms with van der Waals surface area (Å²) in [7, 11) is 0. The van der Waals surface area contributed by atoms with E-state index >= 15 is 0 Å². The Morgan fingerprint density at radius 3 is 2.61 bits per heavy atom. The zero-order valence-electron chi connectivity index (χ0n) is 10.8. The van der Waals surface area contributed by atoms with Crippen molar-refractivity contribution in [1.29, 1.82) is 0 Å². The van der Waals surface area contributed by atoms with E-state index in [4.69, 9.17) is 5.73 Å². The number of aromatic nitrogens is 2. The second kappa shape index (κ2) is 4.23. The number of anilines is 1. The molecule has 98 valence electrons. The Labute approximate surface area is 105 Å². The van der Waals surface area contributed by atoms with Crippen LogP contribution in [0.4, 0.5) is 14.7 Å². The van der Waals surface area contributed by atoms with Crippen molar-refractivity contribution in [2.75, 3.05) is 5.73 Å². The number of rotatable bonds is 3. The van der Waals surface area contributed by atoms with Crippen LogP contribution in [0, 0.1) is 17.0 Å². The number of nitrogens with zero attached hydrogens (tertiary/aromatic N) is 2. The first-order chi connectivity index (χ1) is 8.35. The zero-order chi connectivity index (χ0) is 13.5. The summed E-state index contributed by atoms with van der Waals surface area (Å²) >= 11 is 0. The summed E-state index contributed by atoms with van der Waals surface area (Å²) in [4.78, 5) is 4.07. The monoisotopic (exact) mass is 253 g/mol. The molecule has 0 unspecified atom stereocenters. The molecule has 0 amide bonds. The second-order valence-corrected chi connectivity index (χ2v) is 5.30. The van der Waals surface area contributed by atoms with Crippen LogP contribution < -0.4 is 5.73 Å². The highest BCUT2D eigenvalue weighted by atomic mass is 19.2. The Morgan fingerprint density at radius 1 is 1.33 bits per heavy atom. The Kier molecular flexibility index (Phi) is 3.00. The number of hydrogen-bond donors (Lipinski definition) is 1. The van der Waals surface area contributed by atoms with Gasteiger partial charge >= 0.3 is 0 Å². The number of nitrogens with two attached hydrogens (primary N) is 1. The predicted molar refractivity (Wildman–Crippen MR) is 68.1 cm³/mol. The maximum absolute atomic E-state index is 13.9. The maximum atomic E-state index is 13.9. The molecule has 0 atom stereocenters. The molecule has 5 heteroatoms. The molecule has 1 aromatic carbocycles. The fourth-order valence-electron chi connectivity index (χ4n) is 1.87. The zero-order valence-corrected chi connectivity index (χ0v) is 10.8. The molecular formula is C13H17F2N3. The number of halogens is 2. The van der Waals surface area contributed by atoms with Crippen molar-refractivity contribution >= 4 is 17.0 Å². The van der Waals surface area contributed by atoms with E-state index in [1.165, 1.54) is 6.07 Å². The van der Waals surface area contributed by atoms with Crippen LogP contribution in [-0.2, 0) is 6.54 Å². The van der Waals surface area contributed by atoms with Crippen LogP contribution in [0.5, 0.6) is 0 Å². The SMILES string of the molecule is CCC(C)(C)Cn1c(N)nc2ccc(F)c(F)c21. The van der Waals surface area contributed by atoms with Crippen molar-refractivity contribution in [2.45, 2.75) is 33.7 Å². The van der Waals surface area contributed by atoms with Gasteiger partial charge in [0.15, 0.2) is 11.6 Å². The number of imidazole rings is 1. The third-order valence-corrected chi connectivity index (χ3v) is 3.37. The topological polar surface area (TPSA) is 43.8 Å². The molecule has 0 aliphatic carbocycles. The molecule has 0 saturated heterocycles. The van der Waals surface area contributed by atoms with Gasteiger partial charge in [0.05, 0.1) is 5.52 Å². The molecule has 1 aromatic heterocycles. The summed E-state index contributed by atoms with van der Waals surface area (Å²) in [6.07, 6.45) is 0.906. The summed E-state index contributed by atoms with van der Waals surface area (Å²) in [5, 5.41) is 0. The van der Waals surface area contributed by atoms with Gasteiger partial charge in [-0.3, -0.25) is 0 Å². The van der Waals surface area contributed by atoms with Crippen LogP contribution in [0.1, 0.15) is 27.2 Å². The lowest BCUT2D eigenvalue weighted by molar-refractivity contribution is 0.299. The minimum absolute atomic E-state index is 0.0551. The van der Waals surface area contributed by atoms with Crippen molar-refractivity contribution in [1.82, 2.24) is 9.55 Å². The molecule has 0 radical (unpaired) electrons. The molecule has 0 spiro atoms. The van der Waals surface area contributed by atoms with Crippen molar-refractivity contribution in [3.8, 4) is 0 Å². The highest BCUT2D eigenvalue weighted by Crippen LogP contribution is 2.29. The minimum atomic E-state index is -0.886. The summed E-state index contributed by atoms with van der Waals surface area (Å²) in [5.41, 5.74) is 6.28. The van der Waals surface area contributed by atoms with E-state index in [-0.39, 0.29) is 16.9 Å². The lowest BCUT2D eigenvalue weighted by atomic mass is 9.90. The van der Waals surface area contributed by atoms with E-state index in [2.05, 4.69) is 18.8 Å². The first-order valence-electron chi connectivity index (χ1n) is 5.95. The van der Waals surface area contributed by atoms with Crippen LogP contribution in [0.15, 0.2) is 12.1 Å². The fourth-order valence-corrected chi connectivity index (χ4v) is 1.87. The van der Waals surface area contributed by atoms with E-state index in [0.717, 1.165) is 12.5 Å². The quantitative estimate of drug-likeness (QED) is 0.911. The van der Waals surface area contributed by atoms with Crippen LogP contribution >= 0.6 is 0 Å². The molecule has 0 bridgehead atoms. The summed E-state index contributed by atoms with van der Waals surface area (Å²) < 4.78 is 28.7. The molecular weight excluding hydrogens is 236 g/mol. The maximum Gasteiger partial charge on any atom is 0.201 e. The predicted octanol–water partition coefficient (Wildman–Crippen LogP) is 3.33. The van der Waals surface area contributed by atoms with Gasteiger partial charge in [-0.2, -0.15) is 0 Å². The second-order valence-electron chi connectivity index (χ2n) is 5.30. The lowest BCUT2D eigenvalue weighted by Gasteiger charge is -2.24. The van der Waals surface area contributed by atoms with Crippen molar-refractivity contribution in [2.24, 2.45) is 5.41 Å². The Hall–Kier alpha value is -1.65. The fraction of sp³-hybridized carbons (Fsp3) is 0.462. The molecule has 0 fully saturated rings. The van der Waals surface area contributed by atoms with Crippen LogP contribution in [-0.4, -0.2) is 9.55 Å². The molecule has 0 saturated carbocycles. The normalized spacial score (nSPS) is 12.3. The lowest BCUT2D eigenvalue weighted by Crippen LogP contribution is -2.20. The molecule has 2 N–H and O–H groups in total. The van der Waals surface area contributed by atoms with E-state index in [1.54, 1.807) is 4.57 Å². The molecule has 18 heavy (non-hydrogen) atoms. The highest BCUT2D eigenvalue weighted by molar-refractivity contribution is 5.79. The van der Waals surface area contributed by atoms with Gasteiger partial charge in [0.2, 0.25) is 5.95 Å². The minimum Gasteiger partial charge on any atom is -0.369 e. The van der Waals surface area contributed by atoms with Gasteiger partial charge in [0, 0.05) is 6.54 Å². The van der Waals surface area contributed by atoms with Gasteiger partial charge in [0.25, 0.3) is 0 Å². The number of hydrogen-bond acceptors (Lipinski definition) is 2. The third kappa shape index (κ3) is 2.05. The average Bonchev–Trinajstić information content (AvgIpc) is 2.61. The van der Waals surface area contributed by atoms with Gasteiger partial charge < -0.3 is 10.3 Å². The van der Waals surface area contributed by atoms with E-state index in [1.807, 2.05) is 6.92 Å². The number of fused-ring (bicyclic) bond motifs is 1. The summed E-state index contributed by atoms with van der Waals surface area (Å²) in [5.74, 6) is -1.54. The first kappa shape index (κ1) is 12.8. The molecule has 3 nitrogen and oxygen atoms in total. The van der Waals surface area contributed by atoms with Gasteiger partial charge in [-0.1, -0.05) is 20.8 Å². The van der Waals surface area contributed by atoms with Gasteiger partial charge in [0.1, 0.15) is 5.52 Å². The smallest absolute Gasteiger partial charge is 0.201 e. The molecule has 0 aliphatic heterocycles. The molecule has 2 rings (SSSR count). The summed E-state index contributed by atoms with van der Waals surface area (Å²) in [6, 6.07) is 2.51. The Balaban J connectivity index is 2.63.